The number of hydrogen-bond donors (Lipinski definition) is 2. The molecule has 2 aromatic heterocycles. The average Bonchev–Trinajstić information content (AvgIpc) is 3.74. The van der Waals surface area contributed by atoms with Gasteiger partial charge in [-0.05, 0) is 55.7 Å². The number of halogens is 4. The van der Waals surface area contributed by atoms with E-state index in [1.807, 2.05) is 4.90 Å². The number of aromatic nitrogens is 3. The van der Waals surface area contributed by atoms with Crippen LogP contribution in [-0.4, -0.2) is 63.0 Å². The van der Waals surface area contributed by atoms with Gasteiger partial charge in [-0.15, -0.1) is 11.3 Å². The summed E-state index contributed by atoms with van der Waals surface area (Å²) in [4.78, 5) is 11.3. The fraction of sp³-hybridized carbons (Fsp3) is 0.464. The van der Waals surface area contributed by atoms with Crippen LogP contribution in [0.25, 0.3) is 5.57 Å². The summed E-state index contributed by atoms with van der Waals surface area (Å²) in [7, 11) is -3.75. The third kappa shape index (κ3) is 5.20. The van der Waals surface area contributed by atoms with Gasteiger partial charge in [0, 0.05) is 58.6 Å². The Kier molecular flexibility index (Phi) is 7.40. The molecule has 43 heavy (non-hydrogen) atoms. The van der Waals surface area contributed by atoms with Crippen LogP contribution >= 0.6 is 22.9 Å². The van der Waals surface area contributed by atoms with E-state index in [1.54, 1.807) is 11.6 Å². The van der Waals surface area contributed by atoms with Crippen LogP contribution in [0.15, 0.2) is 52.7 Å². The number of aliphatic hydroxyl groups excluding tert-OH is 1. The van der Waals surface area contributed by atoms with Crippen LogP contribution in [0, 0.1) is 17.7 Å². The number of amidine groups is 1. The molecule has 9 nitrogen and oxygen atoms in total. The number of aliphatic imine (C=N–C) groups is 1. The standard InChI is InChI=1S/C28H28ClF3N6O3S2/c29-20-11-16(30)3-4-19(20)24-23(21-5-7-38(35-21)28(31)32)22-12-17(13-37(22)26(34-24)27-33-6-8-42-27)36-43(40,41)25-14-1-2-15(25)10-18(39)9-14/h3-8,11,14-15,17-18,24-25,28,36,39H,1-2,9-10,12-13H2/t14?,15?,17?,18?,24-,25?/m0/s1. The average molecular weight is 653 g/mol. The van der Waals surface area contributed by atoms with Gasteiger partial charge in [-0.2, -0.15) is 13.9 Å². The third-order valence-corrected chi connectivity index (χ3v) is 12.1. The molecule has 228 valence electrons. The molecule has 3 aromatic rings. The van der Waals surface area contributed by atoms with E-state index in [0.29, 0.717) is 45.2 Å². The second kappa shape index (κ2) is 11.0. The Morgan fingerprint density at radius 2 is 1.93 bits per heavy atom. The Morgan fingerprint density at radius 1 is 1.16 bits per heavy atom. The van der Waals surface area contributed by atoms with Crippen molar-refractivity contribution >= 4 is 44.4 Å². The summed E-state index contributed by atoms with van der Waals surface area (Å²) in [6.07, 6.45) is 5.06. The number of nitrogens with one attached hydrogen (secondary N) is 1. The minimum Gasteiger partial charge on any atom is -0.393 e. The van der Waals surface area contributed by atoms with Gasteiger partial charge < -0.3 is 10.0 Å². The fourth-order valence-electron chi connectivity index (χ4n) is 7.29. The lowest BCUT2D eigenvalue weighted by Gasteiger charge is -2.33. The van der Waals surface area contributed by atoms with E-state index >= 15 is 0 Å². The molecule has 2 bridgehead atoms. The highest BCUT2D eigenvalue weighted by Gasteiger charge is 2.50. The molecule has 0 amide bonds. The van der Waals surface area contributed by atoms with Crippen LogP contribution in [0.2, 0.25) is 5.02 Å². The normalized spacial score (nSPS) is 29.0. The third-order valence-electron chi connectivity index (χ3n) is 8.90. The number of thiazole rings is 1. The van der Waals surface area contributed by atoms with Gasteiger partial charge in [-0.3, -0.25) is 4.99 Å². The van der Waals surface area contributed by atoms with E-state index in [1.165, 1.54) is 41.8 Å². The van der Waals surface area contributed by atoms with Crippen LogP contribution in [0.3, 0.4) is 0 Å². The van der Waals surface area contributed by atoms with E-state index in [9.17, 15) is 26.7 Å². The van der Waals surface area contributed by atoms with Gasteiger partial charge >= 0.3 is 6.55 Å². The summed E-state index contributed by atoms with van der Waals surface area (Å²) in [6.45, 7) is -2.63. The molecule has 2 aliphatic carbocycles. The second-order valence-electron chi connectivity index (χ2n) is 11.5. The molecule has 0 spiro atoms. The van der Waals surface area contributed by atoms with E-state index in [4.69, 9.17) is 16.6 Å². The first kappa shape index (κ1) is 29.0. The number of hydrogen-bond acceptors (Lipinski definition) is 8. The van der Waals surface area contributed by atoms with Crippen molar-refractivity contribution in [1.29, 1.82) is 0 Å². The number of benzene rings is 1. The Balaban J connectivity index is 1.31. The minimum absolute atomic E-state index is 0.0965. The molecule has 4 aliphatic rings. The molecule has 4 atom stereocenters. The topological polar surface area (TPSA) is 113 Å². The van der Waals surface area contributed by atoms with Crippen molar-refractivity contribution in [2.75, 3.05) is 6.54 Å². The summed E-state index contributed by atoms with van der Waals surface area (Å²) in [5.74, 6) is -0.248. The molecule has 0 radical (unpaired) electrons. The van der Waals surface area contributed by atoms with Crippen molar-refractivity contribution in [3.63, 3.8) is 0 Å². The lowest BCUT2D eigenvalue weighted by molar-refractivity contribution is 0.0564. The predicted octanol–water partition coefficient (Wildman–Crippen LogP) is 4.98. The molecule has 7 rings (SSSR count). The highest BCUT2D eigenvalue weighted by molar-refractivity contribution is 7.90. The molecule has 1 saturated heterocycles. The Hall–Kier alpha value is -2.78. The summed E-state index contributed by atoms with van der Waals surface area (Å²) < 4.78 is 72.3. The number of alkyl halides is 2. The van der Waals surface area contributed by atoms with Crippen LogP contribution < -0.4 is 4.72 Å². The molecular weight excluding hydrogens is 625 g/mol. The zero-order valence-corrected chi connectivity index (χ0v) is 25.0. The van der Waals surface area contributed by atoms with Crippen molar-refractivity contribution in [3.8, 4) is 0 Å². The number of rotatable bonds is 7. The smallest absolute Gasteiger partial charge is 0.333 e. The Labute approximate surface area is 255 Å². The maximum absolute atomic E-state index is 14.1. The van der Waals surface area contributed by atoms with Gasteiger partial charge in [-0.25, -0.2) is 27.2 Å². The van der Waals surface area contributed by atoms with Gasteiger partial charge in [0.05, 0.1) is 17.0 Å². The number of aliphatic hydroxyl groups is 1. The van der Waals surface area contributed by atoms with E-state index < -0.39 is 45.8 Å². The van der Waals surface area contributed by atoms with Crippen molar-refractivity contribution in [3.05, 3.63) is 74.8 Å². The van der Waals surface area contributed by atoms with Crippen LogP contribution in [-0.2, 0) is 10.0 Å². The van der Waals surface area contributed by atoms with Crippen molar-refractivity contribution in [2.45, 2.75) is 62.1 Å². The first-order chi connectivity index (χ1) is 20.6. The largest absolute Gasteiger partial charge is 0.393 e. The van der Waals surface area contributed by atoms with Crippen LogP contribution in [0.1, 0.15) is 61.0 Å². The van der Waals surface area contributed by atoms with E-state index in [-0.39, 0.29) is 35.5 Å². The summed E-state index contributed by atoms with van der Waals surface area (Å²) in [5, 5.41) is 16.3. The molecule has 2 N–H and O–H groups in total. The molecule has 3 fully saturated rings. The molecular formula is C28H28ClF3N6O3S2. The minimum atomic E-state index is -3.75. The molecule has 2 aliphatic heterocycles. The van der Waals surface area contributed by atoms with Gasteiger partial charge in [-0.1, -0.05) is 17.7 Å². The van der Waals surface area contributed by atoms with Gasteiger partial charge in [0.2, 0.25) is 10.0 Å². The Morgan fingerprint density at radius 3 is 2.58 bits per heavy atom. The second-order valence-corrected chi connectivity index (χ2v) is 14.7. The zero-order valence-electron chi connectivity index (χ0n) is 22.7. The molecule has 3 unspecified atom stereocenters. The van der Waals surface area contributed by atoms with Gasteiger partial charge in [0.1, 0.15) is 11.9 Å². The monoisotopic (exact) mass is 652 g/mol. The summed E-state index contributed by atoms with van der Waals surface area (Å²) in [5.41, 5.74) is 1.82. The number of sulfonamides is 1. The molecule has 2 saturated carbocycles. The maximum atomic E-state index is 14.1. The predicted molar refractivity (Wildman–Crippen MR) is 156 cm³/mol. The lowest BCUT2D eigenvalue weighted by Crippen LogP contribution is -2.48. The quantitative estimate of drug-likeness (QED) is 0.372. The zero-order chi connectivity index (χ0) is 30.0. The SMILES string of the molecule is O=S(=O)(NC1CC2=C(c3ccn(C(F)F)n3)[C@H](c3ccc(F)cc3Cl)N=C(c3nccs3)N2C1)C1C2CCC1CC(O)C2. The van der Waals surface area contributed by atoms with Crippen molar-refractivity contribution in [1.82, 2.24) is 24.4 Å². The maximum Gasteiger partial charge on any atom is 0.333 e. The van der Waals surface area contributed by atoms with Gasteiger partial charge in [0.15, 0.2) is 10.8 Å². The number of fused-ring (bicyclic) bond motifs is 3. The molecule has 4 heterocycles. The van der Waals surface area contributed by atoms with E-state index in [0.717, 1.165) is 12.8 Å². The summed E-state index contributed by atoms with van der Waals surface area (Å²) in [6, 6.07) is 4.00. The molecule has 15 heteroatoms. The van der Waals surface area contributed by atoms with E-state index in [2.05, 4.69) is 14.8 Å². The van der Waals surface area contributed by atoms with Gasteiger partial charge in [0.25, 0.3) is 0 Å². The highest BCUT2D eigenvalue weighted by atomic mass is 35.5. The highest BCUT2D eigenvalue weighted by Crippen LogP contribution is 2.48. The van der Waals surface area contributed by atoms with Crippen molar-refractivity contribution in [2.24, 2.45) is 16.8 Å². The first-order valence-electron chi connectivity index (χ1n) is 14.0. The number of nitrogens with zero attached hydrogens (tertiary/aromatic N) is 5. The van der Waals surface area contributed by atoms with Crippen LogP contribution in [0.5, 0.6) is 0 Å². The Bertz CT molecular complexity index is 1700. The van der Waals surface area contributed by atoms with Crippen LogP contribution in [0.4, 0.5) is 13.2 Å². The van der Waals surface area contributed by atoms with Crippen molar-refractivity contribution < 1.29 is 26.7 Å². The lowest BCUT2D eigenvalue weighted by atomic mass is 9.86. The summed E-state index contributed by atoms with van der Waals surface area (Å²) >= 11 is 7.87. The molecule has 1 aromatic carbocycles. The first-order valence-corrected chi connectivity index (χ1v) is 16.9. The fourth-order valence-corrected chi connectivity index (χ4v) is 10.5.